The monoisotopic (exact) mass is 375 g/mol. The molecule has 0 aliphatic rings. The van der Waals surface area contributed by atoms with Crippen LogP contribution in [-0.2, 0) is 0 Å². The van der Waals surface area contributed by atoms with Gasteiger partial charge in [0.2, 0.25) is 0 Å². The van der Waals surface area contributed by atoms with Crippen LogP contribution >= 0.6 is 15.9 Å². The third-order valence-electron chi connectivity index (χ3n) is 2.84. The number of primary amides is 1. The molecule has 0 fully saturated rings. The summed E-state index contributed by atoms with van der Waals surface area (Å²) in [6.45, 7) is 1.93. The summed E-state index contributed by atoms with van der Waals surface area (Å²) in [4.78, 5) is 22.8. The van der Waals surface area contributed by atoms with Crippen molar-refractivity contribution in [2.75, 3.05) is 0 Å². The van der Waals surface area contributed by atoms with Crippen molar-refractivity contribution < 1.29 is 14.3 Å². The predicted octanol–water partition coefficient (Wildman–Crippen LogP) is 2.98. The van der Waals surface area contributed by atoms with Crippen molar-refractivity contribution in [1.29, 1.82) is 0 Å². The number of halogens is 1. The molecule has 2 aromatic carbocycles. The van der Waals surface area contributed by atoms with Crippen LogP contribution in [0.25, 0.3) is 0 Å². The molecule has 0 bridgehead atoms. The Balaban J connectivity index is 2.21. The molecule has 0 heterocycles. The smallest absolute Gasteiger partial charge is 0.343 e. The Bertz CT molecular complexity index is 758. The molecule has 3 N–H and O–H groups in total. The van der Waals surface area contributed by atoms with E-state index in [0.29, 0.717) is 16.9 Å². The number of nitrogens with zero attached hydrogens (tertiary/aromatic N) is 1. The van der Waals surface area contributed by atoms with Gasteiger partial charge in [-0.1, -0.05) is 33.6 Å². The molecule has 2 aromatic rings. The molecular formula is C16H14BrN3O3. The highest BCUT2D eigenvalue weighted by atomic mass is 79.9. The number of esters is 1. The Kier molecular flexibility index (Phi) is 5.48. The molecule has 0 saturated carbocycles. The van der Waals surface area contributed by atoms with E-state index in [1.54, 1.807) is 30.3 Å². The summed E-state index contributed by atoms with van der Waals surface area (Å²) >= 11 is 3.32. The first-order valence-electron chi connectivity index (χ1n) is 6.62. The Morgan fingerprint density at radius 2 is 1.91 bits per heavy atom. The molecule has 0 aliphatic heterocycles. The first-order chi connectivity index (χ1) is 11.0. The highest BCUT2D eigenvalue weighted by Crippen LogP contribution is 2.23. The van der Waals surface area contributed by atoms with Gasteiger partial charge < -0.3 is 10.5 Å². The van der Waals surface area contributed by atoms with Gasteiger partial charge in [-0.3, -0.25) is 0 Å². The minimum Gasteiger partial charge on any atom is -0.422 e. The number of amides is 2. The number of aryl methyl sites for hydroxylation is 1. The zero-order valence-corrected chi connectivity index (χ0v) is 13.8. The van der Waals surface area contributed by atoms with Gasteiger partial charge in [0.05, 0.1) is 11.8 Å². The Labute approximate surface area is 141 Å². The number of nitrogens with two attached hydrogens (primary N) is 1. The van der Waals surface area contributed by atoms with Gasteiger partial charge in [0.15, 0.2) is 0 Å². The van der Waals surface area contributed by atoms with Crippen molar-refractivity contribution in [2.24, 2.45) is 10.8 Å². The van der Waals surface area contributed by atoms with E-state index in [0.717, 1.165) is 10.0 Å². The molecule has 0 radical (unpaired) electrons. The Morgan fingerprint density at radius 1 is 1.22 bits per heavy atom. The van der Waals surface area contributed by atoms with E-state index in [1.165, 1.54) is 6.21 Å². The molecule has 0 atom stereocenters. The van der Waals surface area contributed by atoms with Crippen molar-refractivity contribution in [3.05, 3.63) is 63.6 Å². The number of hydrogen-bond acceptors (Lipinski definition) is 4. The summed E-state index contributed by atoms with van der Waals surface area (Å²) in [7, 11) is 0. The Morgan fingerprint density at radius 3 is 2.57 bits per heavy atom. The first-order valence-corrected chi connectivity index (χ1v) is 7.42. The van der Waals surface area contributed by atoms with Crippen molar-refractivity contribution in [3.63, 3.8) is 0 Å². The van der Waals surface area contributed by atoms with Gasteiger partial charge >= 0.3 is 12.0 Å². The fraction of sp³-hybridized carbons (Fsp3) is 0.0625. The van der Waals surface area contributed by atoms with Gasteiger partial charge in [-0.15, -0.1) is 0 Å². The second-order valence-electron chi connectivity index (χ2n) is 4.67. The molecule has 2 amide bonds. The highest BCUT2D eigenvalue weighted by Gasteiger charge is 2.11. The second kappa shape index (κ2) is 7.55. The summed E-state index contributed by atoms with van der Waals surface area (Å²) in [5, 5.41) is 3.67. The normalized spacial score (nSPS) is 10.5. The maximum absolute atomic E-state index is 12.2. The molecule has 0 unspecified atom stereocenters. The minimum atomic E-state index is -0.783. The van der Waals surface area contributed by atoms with Crippen LogP contribution in [0.5, 0.6) is 5.75 Å². The number of benzene rings is 2. The molecule has 6 nitrogen and oxygen atoms in total. The van der Waals surface area contributed by atoms with E-state index < -0.39 is 12.0 Å². The minimum absolute atomic E-state index is 0.314. The molecule has 118 valence electrons. The lowest BCUT2D eigenvalue weighted by Crippen LogP contribution is -2.24. The number of carbonyl (C=O) groups is 2. The van der Waals surface area contributed by atoms with E-state index in [2.05, 4.69) is 26.5 Å². The van der Waals surface area contributed by atoms with Crippen molar-refractivity contribution >= 4 is 34.1 Å². The van der Waals surface area contributed by atoms with E-state index in [4.69, 9.17) is 10.5 Å². The standard InChI is InChI=1S/C16H14BrN3O3/c1-10-2-4-11(5-3-10)15(21)23-14-7-6-13(17)8-12(14)9-19-20-16(18)22/h2-9H,1H3,(H3,18,20,22)/b19-9-. The topological polar surface area (TPSA) is 93.8 Å². The number of carbonyl (C=O) groups excluding carboxylic acids is 2. The van der Waals surface area contributed by atoms with Crippen molar-refractivity contribution in [3.8, 4) is 5.75 Å². The van der Waals surface area contributed by atoms with Gasteiger partial charge in [-0.2, -0.15) is 5.10 Å². The van der Waals surface area contributed by atoms with Crippen LogP contribution in [0.2, 0.25) is 0 Å². The number of nitrogens with one attached hydrogen (secondary N) is 1. The van der Waals surface area contributed by atoms with Crippen LogP contribution < -0.4 is 15.9 Å². The van der Waals surface area contributed by atoms with E-state index in [9.17, 15) is 9.59 Å². The van der Waals surface area contributed by atoms with Gasteiger partial charge in [0.1, 0.15) is 5.75 Å². The van der Waals surface area contributed by atoms with Crippen LogP contribution in [-0.4, -0.2) is 18.2 Å². The number of urea groups is 1. The summed E-state index contributed by atoms with van der Waals surface area (Å²) in [6, 6.07) is 11.3. The summed E-state index contributed by atoms with van der Waals surface area (Å²) < 4.78 is 6.16. The molecule has 23 heavy (non-hydrogen) atoms. The van der Waals surface area contributed by atoms with Crippen LogP contribution in [0, 0.1) is 6.92 Å². The van der Waals surface area contributed by atoms with Crippen LogP contribution in [0.1, 0.15) is 21.5 Å². The average Bonchev–Trinajstić information content (AvgIpc) is 2.50. The van der Waals surface area contributed by atoms with Crippen molar-refractivity contribution in [2.45, 2.75) is 6.92 Å². The van der Waals surface area contributed by atoms with Gasteiger partial charge in [0, 0.05) is 10.0 Å². The second-order valence-corrected chi connectivity index (χ2v) is 5.59. The quantitative estimate of drug-likeness (QED) is 0.372. The number of hydrazone groups is 1. The van der Waals surface area contributed by atoms with Gasteiger partial charge in [-0.05, 0) is 37.3 Å². The molecule has 0 aliphatic carbocycles. The average molecular weight is 376 g/mol. The van der Waals surface area contributed by atoms with Gasteiger partial charge in [-0.25, -0.2) is 15.0 Å². The third kappa shape index (κ3) is 4.93. The molecular weight excluding hydrogens is 362 g/mol. The lowest BCUT2D eigenvalue weighted by Gasteiger charge is -2.08. The summed E-state index contributed by atoms with van der Waals surface area (Å²) in [6.07, 6.45) is 1.34. The summed E-state index contributed by atoms with van der Waals surface area (Å²) in [5.41, 5.74) is 9.02. The van der Waals surface area contributed by atoms with E-state index in [-0.39, 0.29) is 0 Å². The molecule has 7 heteroatoms. The molecule has 0 saturated heterocycles. The first kappa shape index (κ1) is 16.7. The SMILES string of the molecule is Cc1ccc(C(=O)Oc2ccc(Br)cc2/C=N\NC(N)=O)cc1. The van der Waals surface area contributed by atoms with Crippen LogP contribution in [0.4, 0.5) is 4.79 Å². The number of hydrogen-bond donors (Lipinski definition) is 2. The maximum atomic E-state index is 12.2. The number of ether oxygens (including phenoxy) is 1. The fourth-order valence-electron chi connectivity index (χ4n) is 1.73. The van der Waals surface area contributed by atoms with Crippen molar-refractivity contribution in [1.82, 2.24) is 5.43 Å². The molecule has 0 spiro atoms. The predicted molar refractivity (Wildman–Crippen MR) is 90.6 cm³/mol. The van der Waals surface area contributed by atoms with E-state index in [1.807, 2.05) is 19.1 Å². The molecule has 2 rings (SSSR count). The van der Waals surface area contributed by atoms with Crippen LogP contribution in [0.15, 0.2) is 52.0 Å². The Hall–Kier alpha value is -2.67. The maximum Gasteiger partial charge on any atom is 0.343 e. The number of rotatable bonds is 4. The van der Waals surface area contributed by atoms with E-state index >= 15 is 0 Å². The summed E-state index contributed by atoms with van der Waals surface area (Å²) in [5.74, 6) is -0.168. The highest BCUT2D eigenvalue weighted by molar-refractivity contribution is 9.10. The zero-order chi connectivity index (χ0) is 16.8. The zero-order valence-electron chi connectivity index (χ0n) is 12.2. The third-order valence-corrected chi connectivity index (χ3v) is 3.33. The lowest BCUT2D eigenvalue weighted by atomic mass is 10.1. The molecule has 0 aromatic heterocycles. The fourth-order valence-corrected chi connectivity index (χ4v) is 2.11. The van der Waals surface area contributed by atoms with Crippen LogP contribution in [0.3, 0.4) is 0 Å². The van der Waals surface area contributed by atoms with Gasteiger partial charge in [0.25, 0.3) is 0 Å². The largest absolute Gasteiger partial charge is 0.422 e. The lowest BCUT2D eigenvalue weighted by molar-refractivity contribution is 0.0734.